The summed E-state index contributed by atoms with van der Waals surface area (Å²) in [7, 11) is 1.52. The van der Waals surface area contributed by atoms with Gasteiger partial charge in [0.25, 0.3) is 0 Å². The van der Waals surface area contributed by atoms with Crippen LogP contribution in [-0.4, -0.2) is 84.9 Å². The lowest BCUT2D eigenvalue weighted by Crippen LogP contribution is -2.48. The second-order valence-corrected chi connectivity index (χ2v) is 12.2. The normalized spacial score (nSPS) is 19.0. The number of benzene rings is 2. The minimum absolute atomic E-state index is 0.0286. The minimum atomic E-state index is -0.978. The van der Waals surface area contributed by atoms with Gasteiger partial charge in [-0.25, -0.2) is 4.39 Å². The van der Waals surface area contributed by atoms with Crippen molar-refractivity contribution in [2.45, 2.75) is 84.7 Å². The Morgan fingerprint density at radius 1 is 1.11 bits per heavy atom. The number of hydrogen-bond acceptors (Lipinski definition) is 7. The van der Waals surface area contributed by atoms with E-state index >= 15 is 0 Å². The Morgan fingerprint density at radius 2 is 1.83 bits per heavy atom. The fourth-order valence-electron chi connectivity index (χ4n) is 7.04. The number of carboxylic acid groups (broad SMARTS) is 1. The number of amides is 2. The molecule has 2 aromatic rings. The maximum Gasteiger partial charge on any atom is 0.308 e. The highest BCUT2D eigenvalue weighted by atomic mass is 19.1. The molecule has 3 atom stereocenters. The van der Waals surface area contributed by atoms with Crippen molar-refractivity contribution >= 4 is 23.5 Å². The Labute approximate surface area is 271 Å². The van der Waals surface area contributed by atoms with Crippen LogP contribution >= 0.6 is 0 Å². The number of fused-ring (bicyclic) bond motifs is 1. The first-order valence-electron chi connectivity index (χ1n) is 16.3. The number of carbonyl (C=O) groups excluding carboxylic acids is 2. The molecule has 46 heavy (non-hydrogen) atoms. The Morgan fingerprint density at radius 3 is 2.41 bits per heavy atom. The van der Waals surface area contributed by atoms with Gasteiger partial charge in [0.2, 0.25) is 24.4 Å². The third kappa shape index (κ3) is 7.57. The van der Waals surface area contributed by atoms with Gasteiger partial charge in [0.1, 0.15) is 5.82 Å². The van der Waals surface area contributed by atoms with E-state index in [9.17, 15) is 23.9 Å². The van der Waals surface area contributed by atoms with Gasteiger partial charge in [0, 0.05) is 50.2 Å². The summed E-state index contributed by atoms with van der Waals surface area (Å²) >= 11 is 0. The van der Waals surface area contributed by atoms with Crippen molar-refractivity contribution in [2.75, 3.05) is 45.0 Å². The number of rotatable bonds is 15. The number of methoxy groups -OCH3 is 1. The Balaban J connectivity index is 1.74. The first-order chi connectivity index (χ1) is 22.0. The van der Waals surface area contributed by atoms with Crippen LogP contribution in [0.5, 0.6) is 17.2 Å². The van der Waals surface area contributed by atoms with E-state index in [1.807, 2.05) is 11.8 Å². The highest BCUT2D eigenvalue weighted by molar-refractivity contribution is 5.95. The molecular weight excluding hydrogens is 593 g/mol. The average molecular weight is 642 g/mol. The predicted octanol–water partition coefficient (Wildman–Crippen LogP) is 5.60. The zero-order chi connectivity index (χ0) is 33.5. The first kappa shape index (κ1) is 35.0. The number of nitrogens with zero attached hydrogens (tertiary/aromatic N) is 3. The highest BCUT2D eigenvalue weighted by Crippen LogP contribution is 2.47. The van der Waals surface area contributed by atoms with E-state index < -0.39 is 23.8 Å². The van der Waals surface area contributed by atoms with E-state index in [1.54, 1.807) is 41.0 Å². The number of hydrogen-bond donors (Lipinski definition) is 1. The van der Waals surface area contributed by atoms with E-state index in [0.717, 1.165) is 25.7 Å². The van der Waals surface area contributed by atoms with Crippen LogP contribution in [0.2, 0.25) is 0 Å². The smallest absolute Gasteiger partial charge is 0.308 e. The molecule has 0 saturated carbocycles. The van der Waals surface area contributed by atoms with Crippen molar-refractivity contribution in [1.82, 2.24) is 9.80 Å². The Hall–Kier alpha value is -3.86. The van der Waals surface area contributed by atoms with Crippen molar-refractivity contribution < 1.29 is 38.1 Å². The number of aliphatic carboxylic acids is 1. The summed E-state index contributed by atoms with van der Waals surface area (Å²) in [5.41, 5.74) is 1.80. The summed E-state index contributed by atoms with van der Waals surface area (Å²) in [4.78, 5) is 45.2. The van der Waals surface area contributed by atoms with Gasteiger partial charge >= 0.3 is 5.97 Å². The van der Waals surface area contributed by atoms with E-state index in [2.05, 4.69) is 13.8 Å². The van der Waals surface area contributed by atoms with E-state index in [1.165, 1.54) is 20.1 Å². The molecule has 1 N–H and O–H groups in total. The monoisotopic (exact) mass is 641 g/mol. The average Bonchev–Trinajstić information content (AvgIpc) is 3.64. The highest BCUT2D eigenvalue weighted by Gasteiger charge is 2.48. The number of halogens is 1. The van der Waals surface area contributed by atoms with Crippen LogP contribution in [0, 0.1) is 18.7 Å². The van der Waals surface area contributed by atoms with Gasteiger partial charge in [-0.15, -0.1) is 0 Å². The van der Waals surface area contributed by atoms with E-state index in [0.29, 0.717) is 60.1 Å². The van der Waals surface area contributed by atoms with Crippen LogP contribution in [0.25, 0.3) is 0 Å². The number of carboxylic acids is 1. The molecule has 0 aliphatic carbocycles. The summed E-state index contributed by atoms with van der Waals surface area (Å²) in [6.45, 7) is 10.4. The van der Waals surface area contributed by atoms with Crippen LogP contribution in [0.3, 0.4) is 0 Å². The molecule has 0 radical (unpaired) electrons. The molecule has 2 aliphatic rings. The molecule has 11 heteroatoms. The summed E-state index contributed by atoms with van der Waals surface area (Å²) in [6, 6.07) is 7.71. The molecule has 2 amide bonds. The summed E-state index contributed by atoms with van der Waals surface area (Å²) in [6.07, 6.45) is 3.67. The summed E-state index contributed by atoms with van der Waals surface area (Å²) in [5, 5.41) is 10.7. The predicted molar refractivity (Wildman–Crippen MR) is 173 cm³/mol. The molecule has 1 unspecified atom stereocenters. The van der Waals surface area contributed by atoms with E-state index in [-0.39, 0.29) is 37.0 Å². The minimum Gasteiger partial charge on any atom is -0.493 e. The van der Waals surface area contributed by atoms with E-state index in [4.69, 9.17) is 14.2 Å². The van der Waals surface area contributed by atoms with Crippen molar-refractivity contribution in [3.63, 3.8) is 0 Å². The van der Waals surface area contributed by atoms with Gasteiger partial charge in [-0.2, -0.15) is 0 Å². The molecule has 0 spiro atoms. The maximum atomic E-state index is 14.4. The number of likely N-dealkylation sites (tertiary alicyclic amines) is 1. The number of aryl methyl sites for hydroxylation is 1. The van der Waals surface area contributed by atoms with Crippen LogP contribution in [0.15, 0.2) is 30.3 Å². The molecule has 1 fully saturated rings. The molecule has 1 saturated heterocycles. The van der Waals surface area contributed by atoms with Crippen molar-refractivity contribution in [3.05, 3.63) is 47.3 Å². The summed E-state index contributed by atoms with van der Waals surface area (Å²) in [5.74, 6) is -1.53. The van der Waals surface area contributed by atoms with Crippen LogP contribution in [0.1, 0.15) is 76.8 Å². The first-order valence-corrected chi connectivity index (χ1v) is 16.3. The molecule has 252 valence electrons. The molecule has 10 nitrogen and oxygen atoms in total. The maximum absolute atomic E-state index is 14.4. The number of carbonyl (C=O) groups is 3. The zero-order valence-electron chi connectivity index (χ0n) is 27.9. The van der Waals surface area contributed by atoms with Gasteiger partial charge in [-0.1, -0.05) is 26.7 Å². The standard InChI is InChI=1S/C35H48FN3O7/c1-7-10-25(11-8-2)39(26-12-13-28(36)22(4)16-26)32(41)20-38-19-27(24-17-30(44-6)34-31(18-24)45-21-46-34)33(35(42)43)29(38)14-15-37(9-3)23(5)40/h12-13,16-18,25,27,29,33H,7-11,14-15,19-21H2,1-6H3,(H,42,43)/t27-,29+,33?/m1/s1. The second kappa shape index (κ2) is 15.6. The molecule has 2 aliphatic heterocycles. The Kier molecular flexibility index (Phi) is 11.9. The zero-order valence-corrected chi connectivity index (χ0v) is 27.9. The largest absolute Gasteiger partial charge is 0.493 e. The van der Waals surface area contributed by atoms with Crippen LogP contribution < -0.4 is 19.1 Å². The molecule has 2 heterocycles. The topological polar surface area (TPSA) is 109 Å². The molecule has 0 bridgehead atoms. The Bertz CT molecular complexity index is 1400. The quantitative estimate of drug-likeness (QED) is 0.268. The fraction of sp³-hybridized carbons (Fsp3) is 0.571. The van der Waals surface area contributed by atoms with Crippen LogP contribution in [-0.2, 0) is 14.4 Å². The van der Waals surface area contributed by atoms with Gasteiger partial charge in [-0.05, 0) is 74.6 Å². The fourth-order valence-corrected chi connectivity index (χ4v) is 7.04. The molecule has 4 rings (SSSR count). The number of ether oxygens (including phenoxy) is 3. The molecular formula is C35H48FN3O7. The summed E-state index contributed by atoms with van der Waals surface area (Å²) < 4.78 is 31.1. The van der Waals surface area contributed by atoms with Crippen molar-refractivity contribution in [3.8, 4) is 17.2 Å². The lowest BCUT2D eigenvalue weighted by Gasteiger charge is -2.35. The van der Waals surface area contributed by atoms with Crippen molar-refractivity contribution in [1.29, 1.82) is 0 Å². The third-order valence-electron chi connectivity index (χ3n) is 9.30. The lowest BCUT2D eigenvalue weighted by atomic mass is 9.84. The molecule has 0 aromatic heterocycles. The van der Waals surface area contributed by atoms with Crippen LogP contribution in [0.4, 0.5) is 10.1 Å². The van der Waals surface area contributed by atoms with Gasteiger partial charge < -0.3 is 29.1 Å². The van der Waals surface area contributed by atoms with Crippen molar-refractivity contribution in [2.24, 2.45) is 5.92 Å². The van der Waals surface area contributed by atoms with Gasteiger partial charge in [0.15, 0.2) is 11.5 Å². The third-order valence-corrected chi connectivity index (χ3v) is 9.30. The second-order valence-electron chi connectivity index (χ2n) is 12.2. The lowest BCUT2D eigenvalue weighted by molar-refractivity contribution is -0.143. The SMILES string of the molecule is CCCC(CCC)N(C(=O)CN1C[C@H](c2cc(OC)c3c(c2)OCO3)C(C(=O)O)[C@@H]1CCN(CC)C(C)=O)c1ccc(F)c(C)c1. The number of anilines is 1. The molecule has 2 aromatic carbocycles. The van der Waals surface area contributed by atoms with Gasteiger partial charge in [-0.3, -0.25) is 19.3 Å². The van der Waals surface area contributed by atoms with Gasteiger partial charge in [0.05, 0.1) is 19.6 Å².